The van der Waals surface area contributed by atoms with Gasteiger partial charge in [0.25, 0.3) is 0 Å². The van der Waals surface area contributed by atoms with Crippen LogP contribution in [-0.4, -0.2) is 0 Å². The van der Waals surface area contributed by atoms with Gasteiger partial charge in [-0.1, -0.05) is 167 Å². The van der Waals surface area contributed by atoms with Crippen molar-refractivity contribution >= 4 is 152 Å². The van der Waals surface area contributed by atoms with Gasteiger partial charge in [0.15, 0.2) is 0 Å². The summed E-state index contributed by atoms with van der Waals surface area (Å²) in [5.74, 6) is 0. The number of fused-ring (bicyclic) bond motifs is 19. The molecule has 2 aliphatic carbocycles. The van der Waals surface area contributed by atoms with Crippen LogP contribution in [0.2, 0.25) is 0 Å². The van der Waals surface area contributed by atoms with Gasteiger partial charge < -0.3 is 18.6 Å². The second-order valence-corrected chi connectivity index (χ2v) is 27.3. The van der Waals surface area contributed by atoms with E-state index >= 15 is 0 Å². The van der Waals surface area contributed by atoms with Gasteiger partial charge >= 0.3 is 0 Å². The molecule has 88 heavy (non-hydrogen) atoms. The average molecular weight is 1160 g/mol. The van der Waals surface area contributed by atoms with Crippen LogP contribution in [0.1, 0.15) is 49.9 Å². The lowest BCUT2D eigenvalue weighted by molar-refractivity contribution is 0.660. The summed E-state index contributed by atoms with van der Waals surface area (Å²) in [7, 11) is 0. The summed E-state index contributed by atoms with van der Waals surface area (Å²) in [5.41, 5.74) is 22.2. The Balaban J connectivity index is 0.769. The zero-order valence-electron chi connectivity index (χ0n) is 48.8. The van der Waals surface area contributed by atoms with E-state index in [2.05, 4.69) is 292 Å². The van der Waals surface area contributed by atoms with Crippen LogP contribution in [0.3, 0.4) is 0 Å². The molecule has 0 atom stereocenters. The smallest absolute Gasteiger partial charge is 0.143 e. The monoisotopic (exact) mass is 1160 g/mol. The molecule has 4 nitrogen and oxygen atoms in total. The van der Waals surface area contributed by atoms with Gasteiger partial charge in [0, 0.05) is 125 Å². The summed E-state index contributed by atoms with van der Waals surface area (Å²) in [6.45, 7) is 9.43. The molecule has 416 valence electrons. The van der Waals surface area contributed by atoms with Crippen LogP contribution in [0, 0.1) is 0 Å². The zero-order valence-corrected chi connectivity index (χ0v) is 50.4. The van der Waals surface area contributed by atoms with Crippen molar-refractivity contribution in [3.05, 3.63) is 277 Å². The van der Waals surface area contributed by atoms with Crippen LogP contribution < -0.4 is 9.80 Å². The van der Waals surface area contributed by atoms with Gasteiger partial charge in [0.2, 0.25) is 0 Å². The summed E-state index contributed by atoms with van der Waals surface area (Å²) >= 11 is 3.70. The first-order valence-corrected chi connectivity index (χ1v) is 32.0. The third-order valence-corrected chi connectivity index (χ3v) is 21.9. The van der Waals surface area contributed by atoms with E-state index in [0.29, 0.717) is 0 Å². The maximum absolute atomic E-state index is 7.31. The highest BCUT2D eigenvalue weighted by atomic mass is 32.1. The van der Waals surface area contributed by atoms with Crippen LogP contribution in [-0.2, 0) is 10.8 Å². The Kier molecular flexibility index (Phi) is 10.3. The van der Waals surface area contributed by atoms with E-state index in [4.69, 9.17) is 8.83 Å². The highest BCUT2D eigenvalue weighted by Crippen LogP contribution is 2.54. The largest absolute Gasteiger partial charge is 0.456 e. The van der Waals surface area contributed by atoms with E-state index < -0.39 is 0 Å². The summed E-state index contributed by atoms with van der Waals surface area (Å²) < 4.78 is 19.5. The molecule has 0 unspecified atom stereocenters. The lowest BCUT2D eigenvalue weighted by Gasteiger charge is -2.28. The predicted molar refractivity (Wildman–Crippen MR) is 374 cm³/mol. The molecule has 0 radical (unpaired) electrons. The fraction of sp³-hybridized carbons (Fsp3) is 0.0732. The molecule has 0 fully saturated rings. The highest BCUT2D eigenvalue weighted by molar-refractivity contribution is 7.26. The highest BCUT2D eigenvalue weighted by Gasteiger charge is 2.38. The van der Waals surface area contributed by atoms with Gasteiger partial charge in [-0.15, -0.1) is 22.7 Å². The van der Waals surface area contributed by atoms with Crippen molar-refractivity contribution in [1.82, 2.24) is 0 Å². The number of hydrogen-bond acceptors (Lipinski definition) is 6. The first-order chi connectivity index (χ1) is 43.1. The molecule has 0 N–H and O–H groups in total. The third-order valence-electron chi connectivity index (χ3n) is 19.6. The summed E-state index contributed by atoms with van der Waals surface area (Å²) in [5, 5.41) is 11.6. The molecular weight excluding hydrogens is 1110 g/mol. The second kappa shape index (κ2) is 18.2. The summed E-state index contributed by atoms with van der Waals surface area (Å²) in [4.78, 5) is 4.84. The van der Waals surface area contributed by atoms with Crippen LogP contribution in [0.5, 0.6) is 0 Å². The lowest BCUT2D eigenvalue weighted by Crippen LogP contribution is -2.16. The Bertz CT molecular complexity index is 5850. The zero-order chi connectivity index (χ0) is 58.3. The van der Waals surface area contributed by atoms with Crippen LogP contribution in [0.25, 0.3) is 128 Å². The number of rotatable bonds is 7. The predicted octanol–water partition coefficient (Wildman–Crippen LogP) is 24.6. The van der Waals surface area contributed by atoms with E-state index in [-0.39, 0.29) is 10.8 Å². The van der Waals surface area contributed by atoms with E-state index in [1.807, 2.05) is 22.7 Å². The van der Waals surface area contributed by atoms with Crippen molar-refractivity contribution in [2.75, 3.05) is 9.80 Å². The van der Waals surface area contributed by atoms with E-state index in [1.54, 1.807) is 0 Å². The van der Waals surface area contributed by atoms with Gasteiger partial charge in [0.1, 0.15) is 22.3 Å². The minimum Gasteiger partial charge on any atom is -0.456 e. The Morgan fingerprint density at radius 2 is 0.693 bits per heavy atom. The average Bonchev–Trinajstić information content (AvgIpc) is 1.90. The molecule has 0 bridgehead atoms. The Morgan fingerprint density at radius 3 is 1.26 bits per heavy atom. The fourth-order valence-corrected chi connectivity index (χ4v) is 17.6. The fourth-order valence-electron chi connectivity index (χ4n) is 15.3. The summed E-state index contributed by atoms with van der Waals surface area (Å²) in [6.07, 6.45) is 0. The molecule has 17 aromatic rings. The number of furan rings is 2. The third kappa shape index (κ3) is 7.13. The molecule has 0 saturated heterocycles. The molecular formula is C82H54N2O2S2. The molecule has 2 aliphatic rings. The Labute approximate surface area is 516 Å². The second-order valence-electron chi connectivity index (χ2n) is 25.2. The molecule has 0 saturated carbocycles. The molecule has 0 spiro atoms. The first kappa shape index (κ1) is 50.0. The van der Waals surface area contributed by atoms with Crippen molar-refractivity contribution in [2.45, 2.75) is 38.5 Å². The maximum atomic E-state index is 7.31. The van der Waals surface area contributed by atoms with E-state index in [0.717, 1.165) is 99.9 Å². The number of anilines is 6. The van der Waals surface area contributed by atoms with Gasteiger partial charge in [-0.05, 0) is 164 Å². The number of benzene rings is 13. The van der Waals surface area contributed by atoms with Crippen molar-refractivity contribution < 1.29 is 8.83 Å². The molecule has 4 heterocycles. The van der Waals surface area contributed by atoms with Crippen molar-refractivity contribution in [1.29, 1.82) is 0 Å². The molecule has 4 aromatic heterocycles. The van der Waals surface area contributed by atoms with Gasteiger partial charge in [-0.25, -0.2) is 0 Å². The number of thiophene rings is 2. The van der Waals surface area contributed by atoms with Crippen molar-refractivity contribution in [2.24, 2.45) is 0 Å². The number of nitrogens with zero attached hydrogens (tertiary/aromatic N) is 2. The number of hydrogen-bond donors (Lipinski definition) is 0. The van der Waals surface area contributed by atoms with Gasteiger partial charge in [-0.3, -0.25) is 0 Å². The quantitative estimate of drug-likeness (QED) is 0.159. The Hall–Kier alpha value is -10.2. The van der Waals surface area contributed by atoms with Crippen molar-refractivity contribution in [3.8, 4) is 33.4 Å². The van der Waals surface area contributed by atoms with Crippen LogP contribution in [0.15, 0.2) is 264 Å². The minimum absolute atomic E-state index is 0.158. The minimum atomic E-state index is -0.162. The molecule has 0 amide bonds. The molecule has 6 heteroatoms. The maximum Gasteiger partial charge on any atom is 0.143 e. The Morgan fingerprint density at radius 1 is 0.284 bits per heavy atom. The van der Waals surface area contributed by atoms with E-state index in [1.165, 1.54) is 84.9 Å². The summed E-state index contributed by atoms with van der Waals surface area (Å²) in [6, 6.07) is 94.5. The molecule has 13 aromatic carbocycles. The van der Waals surface area contributed by atoms with E-state index in [9.17, 15) is 0 Å². The topological polar surface area (TPSA) is 32.8 Å². The normalized spacial score (nSPS) is 13.9. The first-order valence-electron chi connectivity index (χ1n) is 30.4. The van der Waals surface area contributed by atoms with Crippen molar-refractivity contribution in [3.63, 3.8) is 0 Å². The molecule has 19 rings (SSSR count). The lowest BCUT2D eigenvalue weighted by atomic mass is 9.82. The van der Waals surface area contributed by atoms with Crippen LogP contribution in [0.4, 0.5) is 34.1 Å². The standard InChI is InChI=1S/C82H54N2O2S2/c1-81(2)68-22-12-8-18-55(68)57-32-26-49(40-70(57)81)83(53-30-36-63-61-20-10-14-24-75(61)87-77(63)44-53)51-28-34-59-66-38-48-39-67-60-35-29-52(43-73(60)86-80(67)79(47-16-6-5-7-17-47)65(48)46-74(66)85-72(59)42-51)84(54-31-37-64-62-21-11-15-25-76(62)88-78(64)45-54)50-27-33-58-56-19-9-13-23-69(56)82(3,4)71(58)41-50/h5-46H,1-4H3. The molecule has 0 aliphatic heterocycles. The van der Waals surface area contributed by atoms with Gasteiger partial charge in [0.05, 0.1) is 0 Å². The van der Waals surface area contributed by atoms with Crippen LogP contribution >= 0.6 is 22.7 Å². The van der Waals surface area contributed by atoms with Gasteiger partial charge in [-0.2, -0.15) is 0 Å². The SMILES string of the molecule is CC1(C)c2ccccc2-c2ccc(N(c3ccc4c(c3)oc3cc5c(-c6ccccc6)c6oc7cc(N(c8ccc9c(c8)C(C)(C)c8ccccc8-9)c8ccc9c(c8)sc8ccccc89)ccc7c6cc5cc34)c3ccc4c(c3)sc3ccccc34)cc21.